The van der Waals surface area contributed by atoms with Crippen molar-refractivity contribution in [1.82, 2.24) is 0 Å². The third-order valence-corrected chi connectivity index (χ3v) is 4.83. The summed E-state index contributed by atoms with van der Waals surface area (Å²) in [7, 11) is -2.80. The third-order valence-electron chi connectivity index (χ3n) is 1.83. The molecule has 1 N–H and O–H groups in total. The van der Waals surface area contributed by atoms with E-state index in [-0.39, 0.29) is 0 Å². The molecular weight excluding hydrogens is 200 g/mol. The highest BCUT2D eigenvalue weighted by Crippen LogP contribution is 2.13. The van der Waals surface area contributed by atoms with E-state index in [4.69, 9.17) is 8.85 Å². The molecule has 1 atom stereocenters. The van der Waals surface area contributed by atoms with Gasteiger partial charge in [-0.1, -0.05) is 6.58 Å². The van der Waals surface area contributed by atoms with Gasteiger partial charge in [0.15, 0.2) is 11.5 Å². The van der Waals surface area contributed by atoms with E-state index in [0.717, 1.165) is 6.08 Å². The predicted octanol–water partition coefficient (Wildman–Crippen LogP) is 0.787. The van der Waals surface area contributed by atoms with Gasteiger partial charge in [-0.05, 0) is 26.5 Å². The second kappa shape index (κ2) is 6.08. The van der Waals surface area contributed by atoms with Gasteiger partial charge in [0, 0.05) is 13.2 Å². The summed E-state index contributed by atoms with van der Waals surface area (Å²) < 4.78 is 10.7. The van der Waals surface area contributed by atoms with E-state index in [9.17, 15) is 9.90 Å². The number of carbonyl (C=O) groups excluding carboxylic acids is 1. The van der Waals surface area contributed by atoms with Gasteiger partial charge in [0.25, 0.3) is 0 Å². The topological polar surface area (TPSA) is 55.8 Å². The van der Waals surface area contributed by atoms with E-state index in [0.29, 0.717) is 13.2 Å². The van der Waals surface area contributed by atoms with E-state index in [1.807, 2.05) is 0 Å². The van der Waals surface area contributed by atoms with E-state index in [2.05, 4.69) is 6.58 Å². The maximum atomic E-state index is 11.2. The van der Waals surface area contributed by atoms with Gasteiger partial charge < -0.3 is 14.0 Å². The van der Waals surface area contributed by atoms with Gasteiger partial charge in [-0.2, -0.15) is 0 Å². The molecule has 0 aliphatic rings. The van der Waals surface area contributed by atoms with Gasteiger partial charge in [0.1, 0.15) is 0 Å². The third kappa shape index (κ3) is 3.34. The fraction of sp³-hybridized carbons (Fsp3) is 0.667. The summed E-state index contributed by atoms with van der Waals surface area (Å²) >= 11 is 0. The fourth-order valence-electron chi connectivity index (χ4n) is 1.14. The van der Waals surface area contributed by atoms with Crippen molar-refractivity contribution in [2.75, 3.05) is 13.2 Å². The lowest BCUT2D eigenvalue weighted by Gasteiger charge is -2.28. The maximum absolute atomic E-state index is 11.2. The molecule has 0 aliphatic carbocycles. The van der Waals surface area contributed by atoms with Crippen molar-refractivity contribution in [2.45, 2.75) is 26.1 Å². The summed E-state index contributed by atoms with van der Waals surface area (Å²) in [5.74, 6) is -0.443. The van der Waals surface area contributed by atoms with E-state index < -0.39 is 20.1 Å². The Balaban J connectivity index is 4.61. The molecule has 0 aliphatic heterocycles. The van der Waals surface area contributed by atoms with Crippen molar-refractivity contribution < 1.29 is 18.8 Å². The van der Waals surface area contributed by atoms with Crippen LogP contribution in [0.15, 0.2) is 12.7 Å². The highest BCUT2D eigenvalue weighted by atomic mass is 28.4. The van der Waals surface area contributed by atoms with Crippen LogP contribution in [0.4, 0.5) is 0 Å². The van der Waals surface area contributed by atoms with Gasteiger partial charge in [0.2, 0.25) is 0 Å². The van der Waals surface area contributed by atoms with Crippen LogP contribution in [0.25, 0.3) is 0 Å². The van der Waals surface area contributed by atoms with E-state index >= 15 is 0 Å². The molecule has 0 fully saturated rings. The Morgan fingerprint density at radius 3 is 2.21 bits per heavy atom. The van der Waals surface area contributed by atoms with Gasteiger partial charge in [-0.15, -0.1) is 0 Å². The molecule has 82 valence electrons. The SMILES string of the molecule is C=CC(=O)C(O)[Si](C)(OCC)OCC. The van der Waals surface area contributed by atoms with Crippen LogP contribution in [0.5, 0.6) is 0 Å². The molecule has 0 saturated heterocycles. The molecule has 0 aromatic heterocycles. The number of ketones is 1. The first kappa shape index (κ1) is 13.5. The van der Waals surface area contributed by atoms with Crippen LogP contribution in [0, 0.1) is 0 Å². The Labute approximate surface area is 85.8 Å². The number of aliphatic hydroxyl groups is 1. The molecule has 0 aromatic carbocycles. The Hall–Kier alpha value is -0.493. The lowest BCUT2D eigenvalue weighted by molar-refractivity contribution is -0.120. The normalized spacial score (nSPS) is 13.7. The summed E-state index contributed by atoms with van der Waals surface area (Å²) in [5.41, 5.74) is -1.19. The summed E-state index contributed by atoms with van der Waals surface area (Å²) in [4.78, 5) is 11.2. The van der Waals surface area contributed by atoms with Crippen molar-refractivity contribution in [3.05, 3.63) is 12.7 Å². The molecule has 0 radical (unpaired) electrons. The molecule has 4 nitrogen and oxygen atoms in total. The van der Waals surface area contributed by atoms with Crippen LogP contribution in [0.3, 0.4) is 0 Å². The largest absolute Gasteiger partial charge is 0.393 e. The van der Waals surface area contributed by atoms with Gasteiger partial charge in [-0.25, -0.2) is 0 Å². The van der Waals surface area contributed by atoms with Crippen molar-refractivity contribution in [1.29, 1.82) is 0 Å². The molecule has 1 unspecified atom stereocenters. The molecule has 0 bridgehead atoms. The second-order valence-corrected chi connectivity index (χ2v) is 6.05. The first-order valence-corrected chi connectivity index (χ1v) is 7.03. The molecule has 0 saturated carbocycles. The van der Waals surface area contributed by atoms with E-state index in [1.165, 1.54) is 0 Å². The quantitative estimate of drug-likeness (QED) is 0.507. The lowest BCUT2D eigenvalue weighted by atomic mass is 10.4. The zero-order valence-corrected chi connectivity index (χ0v) is 9.95. The van der Waals surface area contributed by atoms with Crippen LogP contribution in [-0.4, -0.2) is 38.4 Å². The molecule has 5 heteroatoms. The Morgan fingerprint density at radius 1 is 1.50 bits per heavy atom. The van der Waals surface area contributed by atoms with Crippen LogP contribution in [-0.2, 0) is 13.6 Å². The molecule has 14 heavy (non-hydrogen) atoms. The minimum absolute atomic E-state index is 0.421. The minimum atomic E-state index is -2.80. The van der Waals surface area contributed by atoms with Crippen LogP contribution in [0.2, 0.25) is 6.55 Å². The lowest BCUT2D eigenvalue weighted by Crippen LogP contribution is -2.54. The Morgan fingerprint density at radius 2 is 1.93 bits per heavy atom. The average molecular weight is 218 g/mol. The minimum Gasteiger partial charge on any atom is -0.393 e. The molecular formula is C9H18O4Si. The molecule has 0 rings (SSSR count). The summed E-state index contributed by atoms with van der Waals surface area (Å²) in [5, 5.41) is 9.69. The van der Waals surface area contributed by atoms with Crippen molar-refractivity contribution in [3.8, 4) is 0 Å². The monoisotopic (exact) mass is 218 g/mol. The van der Waals surface area contributed by atoms with Crippen LogP contribution >= 0.6 is 0 Å². The van der Waals surface area contributed by atoms with Crippen molar-refractivity contribution in [3.63, 3.8) is 0 Å². The smallest absolute Gasteiger partial charge is 0.372 e. The zero-order chi connectivity index (χ0) is 11.2. The van der Waals surface area contributed by atoms with Crippen LogP contribution in [0.1, 0.15) is 13.8 Å². The number of rotatable bonds is 7. The van der Waals surface area contributed by atoms with Crippen molar-refractivity contribution in [2.24, 2.45) is 0 Å². The number of carbonyl (C=O) groups is 1. The van der Waals surface area contributed by atoms with Crippen molar-refractivity contribution >= 4 is 14.3 Å². The van der Waals surface area contributed by atoms with E-state index in [1.54, 1.807) is 20.4 Å². The Kier molecular flexibility index (Phi) is 5.86. The second-order valence-electron chi connectivity index (χ2n) is 2.89. The summed E-state index contributed by atoms with van der Waals surface area (Å²) in [6.07, 6.45) is 1.09. The number of aliphatic hydroxyl groups excluding tert-OH is 1. The first-order valence-electron chi connectivity index (χ1n) is 4.64. The first-order chi connectivity index (χ1) is 6.51. The predicted molar refractivity (Wildman–Crippen MR) is 56.1 cm³/mol. The average Bonchev–Trinajstić information content (AvgIpc) is 2.16. The molecule has 0 heterocycles. The highest BCUT2D eigenvalue weighted by molar-refractivity contribution is 6.71. The van der Waals surface area contributed by atoms with Gasteiger partial charge in [0.05, 0.1) is 0 Å². The highest BCUT2D eigenvalue weighted by Gasteiger charge is 2.43. The Bertz CT molecular complexity index is 199. The molecule has 0 spiro atoms. The standard InChI is InChI=1S/C9H18O4Si/c1-5-8(10)9(11)14(4,12-6-2)13-7-3/h5,9,11H,1,6-7H2,2-4H3. The fourth-order valence-corrected chi connectivity index (χ4v) is 3.32. The van der Waals surface area contributed by atoms with Gasteiger partial charge in [-0.3, -0.25) is 4.79 Å². The summed E-state index contributed by atoms with van der Waals surface area (Å²) in [6, 6.07) is 0. The van der Waals surface area contributed by atoms with Gasteiger partial charge >= 0.3 is 8.56 Å². The summed E-state index contributed by atoms with van der Waals surface area (Å²) in [6.45, 7) is 9.43. The zero-order valence-electron chi connectivity index (χ0n) is 8.95. The number of hydrogen-bond acceptors (Lipinski definition) is 4. The van der Waals surface area contributed by atoms with Crippen LogP contribution < -0.4 is 0 Å². The molecule has 0 amide bonds. The maximum Gasteiger partial charge on any atom is 0.372 e. The number of hydrogen-bond donors (Lipinski definition) is 1. The molecule has 0 aromatic rings.